The molecular weight excluding hydrogens is 324 g/mol. The second kappa shape index (κ2) is 7.14. The molecular formula is C16H18N6O3. The molecule has 4 N–H and O–H groups in total. The molecule has 0 saturated carbocycles. The number of hydrogen-bond acceptors (Lipinski definition) is 7. The molecule has 1 fully saturated rings. The first-order valence-electron chi connectivity index (χ1n) is 7.81. The van der Waals surface area contributed by atoms with E-state index in [4.69, 9.17) is 5.73 Å². The molecule has 3 rings (SSSR count). The van der Waals surface area contributed by atoms with E-state index in [2.05, 4.69) is 20.5 Å². The first kappa shape index (κ1) is 16.7. The number of nitrogens with one attached hydrogen (secondary N) is 2. The summed E-state index contributed by atoms with van der Waals surface area (Å²) in [6, 6.07) is 7.33. The van der Waals surface area contributed by atoms with Crippen LogP contribution in [0.3, 0.4) is 0 Å². The average Bonchev–Trinajstić information content (AvgIpc) is 2.63. The quantitative estimate of drug-likeness (QED) is 0.433. The fourth-order valence-electron chi connectivity index (χ4n) is 2.61. The molecule has 1 aliphatic heterocycles. The van der Waals surface area contributed by atoms with Gasteiger partial charge >= 0.3 is 0 Å². The van der Waals surface area contributed by atoms with Crippen molar-refractivity contribution in [3.8, 4) is 0 Å². The summed E-state index contributed by atoms with van der Waals surface area (Å²) in [7, 11) is 0. The van der Waals surface area contributed by atoms with Crippen LogP contribution in [0.4, 0.5) is 22.9 Å². The van der Waals surface area contributed by atoms with E-state index in [1.165, 1.54) is 12.1 Å². The van der Waals surface area contributed by atoms with Gasteiger partial charge in [0.05, 0.1) is 22.4 Å². The number of carbonyl (C=O) groups is 1. The van der Waals surface area contributed by atoms with Crippen molar-refractivity contribution < 1.29 is 9.72 Å². The third kappa shape index (κ3) is 3.83. The van der Waals surface area contributed by atoms with Crippen LogP contribution in [0.1, 0.15) is 10.4 Å². The van der Waals surface area contributed by atoms with E-state index >= 15 is 0 Å². The summed E-state index contributed by atoms with van der Waals surface area (Å²) >= 11 is 0. The van der Waals surface area contributed by atoms with Crippen molar-refractivity contribution in [3.05, 3.63) is 52.2 Å². The highest BCUT2D eigenvalue weighted by atomic mass is 16.6. The number of nitrogens with zero attached hydrogens (tertiary/aromatic N) is 3. The van der Waals surface area contributed by atoms with E-state index in [0.717, 1.165) is 37.9 Å². The zero-order valence-corrected chi connectivity index (χ0v) is 13.4. The maximum atomic E-state index is 12.3. The summed E-state index contributed by atoms with van der Waals surface area (Å²) in [5.74, 6) is -0.182. The normalized spacial score (nSPS) is 14.2. The van der Waals surface area contributed by atoms with Crippen LogP contribution in [-0.2, 0) is 0 Å². The number of non-ortho nitro benzene ring substituents is 1. The Balaban J connectivity index is 1.72. The lowest BCUT2D eigenvalue weighted by Crippen LogP contribution is -2.43. The van der Waals surface area contributed by atoms with E-state index < -0.39 is 10.8 Å². The van der Waals surface area contributed by atoms with Crippen molar-refractivity contribution in [1.82, 2.24) is 10.3 Å². The van der Waals surface area contributed by atoms with Crippen LogP contribution in [0.25, 0.3) is 0 Å². The van der Waals surface area contributed by atoms with Gasteiger partial charge in [0.1, 0.15) is 5.82 Å². The second-order valence-corrected chi connectivity index (χ2v) is 5.62. The van der Waals surface area contributed by atoms with E-state index in [1.807, 2.05) is 6.07 Å². The number of piperazine rings is 1. The van der Waals surface area contributed by atoms with E-state index in [-0.39, 0.29) is 16.9 Å². The smallest absolute Gasteiger partial charge is 0.270 e. The number of nitro benzene ring substituents is 1. The number of amides is 1. The Bertz CT molecular complexity index is 787. The summed E-state index contributed by atoms with van der Waals surface area (Å²) in [6.07, 6.45) is 1.69. The Labute approximate surface area is 144 Å². The third-order valence-electron chi connectivity index (χ3n) is 3.96. The highest BCUT2D eigenvalue weighted by molar-refractivity contribution is 6.07. The van der Waals surface area contributed by atoms with Crippen LogP contribution in [0.2, 0.25) is 0 Å². The van der Waals surface area contributed by atoms with Crippen LogP contribution in [0, 0.1) is 10.1 Å². The lowest BCUT2D eigenvalue weighted by Gasteiger charge is -2.29. The number of nitrogen functional groups attached to an aromatic ring is 1. The summed E-state index contributed by atoms with van der Waals surface area (Å²) in [4.78, 5) is 29.0. The van der Waals surface area contributed by atoms with Gasteiger partial charge in [-0.05, 0) is 18.2 Å². The molecule has 9 nitrogen and oxygen atoms in total. The Hall–Kier alpha value is -3.20. The van der Waals surface area contributed by atoms with Crippen molar-refractivity contribution >= 4 is 28.8 Å². The van der Waals surface area contributed by atoms with Crippen molar-refractivity contribution in [2.45, 2.75) is 0 Å². The molecule has 0 aliphatic carbocycles. The number of nitrogens with two attached hydrogens (primary N) is 1. The van der Waals surface area contributed by atoms with Crippen LogP contribution in [-0.4, -0.2) is 42.0 Å². The summed E-state index contributed by atoms with van der Waals surface area (Å²) in [5, 5.41) is 16.7. The predicted octanol–water partition coefficient (Wildman–Crippen LogP) is 1.23. The first-order chi connectivity index (χ1) is 12.0. The molecule has 0 bridgehead atoms. The molecule has 0 unspecified atom stereocenters. The standard InChI is InChI=1S/C16H18N6O3/c17-14-3-1-11(22(24)25)9-13(14)16(23)20-15-4-2-12(10-19-15)21-7-5-18-6-8-21/h1-4,9-10,18H,5-8,17H2,(H,19,20,23). The summed E-state index contributed by atoms with van der Waals surface area (Å²) in [6.45, 7) is 3.64. The molecule has 130 valence electrons. The van der Waals surface area contributed by atoms with Gasteiger partial charge in [-0.15, -0.1) is 0 Å². The maximum absolute atomic E-state index is 12.3. The highest BCUT2D eigenvalue weighted by Gasteiger charge is 2.16. The molecule has 1 aliphatic rings. The molecule has 2 aromatic rings. The number of hydrogen-bond donors (Lipinski definition) is 3. The molecule has 0 atom stereocenters. The zero-order valence-electron chi connectivity index (χ0n) is 13.4. The predicted molar refractivity (Wildman–Crippen MR) is 94.8 cm³/mol. The van der Waals surface area contributed by atoms with Crippen molar-refractivity contribution in [1.29, 1.82) is 0 Å². The number of pyridine rings is 1. The Kier molecular flexibility index (Phi) is 4.75. The SMILES string of the molecule is Nc1ccc([N+](=O)[O-])cc1C(=O)Nc1ccc(N2CCNCC2)cn1. The lowest BCUT2D eigenvalue weighted by molar-refractivity contribution is -0.384. The summed E-state index contributed by atoms with van der Waals surface area (Å²) in [5.41, 5.74) is 6.75. The minimum Gasteiger partial charge on any atom is -0.398 e. The van der Waals surface area contributed by atoms with Gasteiger partial charge < -0.3 is 21.3 Å². The van der Waals surface area contributed by atoms with Gasteiger partial charge in [0.25, 0.3) is 11.6 Å². The van der Waals surface area contributed by atoms with Gasteiger partial charge in [-0.25, -0.2) is 4.98 Å². The van der Waals surface area contributed by atoms with Crippen LogP contribution in [0.15, 0.2) is 36.5 Å². The number of anilines is 3. The van der Waals surface area contributed by atoms with E-state index in [0.29, 0.717) is 5.82 Å². The van der Waals surface area contributed by atoms with Crippen LogP contribution >= 0.6 is 0 Å². The zero-order chi connectivity index (χ0) is 17.8. The van der Waals surface area contributed by atoms with Gasteiger partial charge in [-0.3, -0.25) is 14.9 Å². The second-order valence-electron chi connectivity index (χ2n) is 5.62. The number of aromatic nitrogens is 1. The van der Waals surface area contributed by atoms with Crippen LogP contribution < -0.4 is 21.3 Å². The van der Waals surface area contributed by atoms with Gasteiger partial charge in [0.15, 0.2) is 0 Å². The molecule has 0 radical (unpaired) electrons. The third-order valence-corrected chi connectivity index (χ3v) is 3.96. The van der Waals surface area contributed by atoms with Crippen molar-refractivity contribution in [2.75, 3.05) is 42.1 Å². The maximum Gasteiger partial charge on any atom is 0.270 e. The largest absolute Gasteiger partial charge is 0.398 e. The van der Waals surface area contributed by atoms with E-state index in [9.17, 15) is 14.9 Å². The van der Waals surface area contributed by atoms with Gasteiger partial charge in [-0.2, -0.15) is 0 Å². The monoisotopic (exact) mass is 342 g/mol. The molecule has 0 spiro atoms. The first-order valence-corrected chi connectivity index (χ1v) is 7.81. The Morgan fingerprint density at radius 3 is 2.68 bits per heavy atom. The molecule has 1 aromatic carbocycles. The topological polar surface area (TPSA) is 126 Å². The molecule has 1 amide bonds. The minimum atomic E-state index is -0.573. The van der Waals surface area contributed by atoms with Gasteiger partial charge in [-0.1, -0.05) is 0 Å². The van der Waals surface area contributed by atoms with Crippen molar-refractivity contribution in [2.24, 2.45) is 0 Å². The molecule has 9 heteroatoms. The number of rotatable bonds is 4. The van der Waals surface area contributed by atoms with Crippen molar-refractivity contribution in [3.63, 3.8) is 0 Å². The minimum absolute atomic E-state index is 0.0437. The van der Waals surface area contributed by atoms with Gasteiger partial charge in [0, 0.05) is 44.0 Å². The average molecular weight is 342 g/mol. The number of benzene rings is 1. The molecule has 1 saturated heterocycles. The fourth-order valence-corrected chi connectivity index (χ4v) is 2.61. The molecule has 25 heavy (non-hydrogen) atoms. The van der Waals surface area contributed by atoms with E-state index in [1.54, 1.807) is 12.3 Å². The Morgan fingerprint density at radius 1 is 1.28 bits per heavy atom. The van der Waals surface area contributed by atoms with Crippen LogP contribution in [0.5, 0.6) is 0 Å². The van der Waals surface area contributed by atoms with Gasteiger partial charge in [0.2, 0.25) is 0 Å². The highest BCUT2D eigenvalue weighted by Crippen LogP contribution is 2.21. The lowest BCUT2D eigenvalue weighted by atomic mass is 10.1. The molecule has 1 aromatic heterocycles. The fraction of sp³-hybridized carbons (Fsp3) is 0.250. The summed E-state index contributed by atoms with van der Waals surface area (Å²) < 4.78 is 0. The number of carbonyl (C=O) groups excluding carboxylic acids is 1. The Morgan fingerprint density at radius 2 is 2.04 bits per heavy atom. The number of nitro groups is 1. The molecule has 2 heterocycles.